The molecule has 0 aromatic heterocycles. The number of benzene rings is 1. The Bertz CT molecular complexity index is 356. The standard InChI is InChI=1S/C12H20N4/c1-16-6-4-9(5-7-16)15-10-2-3-11(13)12(14)8-10/h2-3,8-9,15H,4-7,13-14H2,1H3. The Morgan fingerprint density at radius 2 is 1.88 bits per heavy atom. The van der Waals surface area contributed by atoms with Crippen LogP contribution < -0.4 is 16.8 Å². The fourth-order valence-corrected chi connectivity index (χ4v) is 2.05. The van der Waals surface area contributed by atoms with Gasteiger partial charge in [-0.2, -0.15) is 0 Å². The van der Waals surface area contributed by atoms with E-state index in [1.165, 1.54) is 12.8 Å². The number of anilines is 3. The highest BCUT2D eigenvalue weighted by Gasteiger charge is 2.16. The van der Waals surface area contributed by atoms with Crippen LogP contribution in [-0.4, -0.2) is 31.1 Å². The zero-order valence-electron chi connectivity index (χ0n) is 9.74. The van der Waals surface area contributed by atoms with E-state index in [2.05, 4.69) is 17.3 Å². The summed E-state index contributed by atoms with van der Waals surface area (Å²) in [5, 5.41) is 3.51. The highest BCUT2D eigenvalue weighted by atomic mass is 15.1. The minimum absolute atomic E-state index is 0.555. The number of nitrogens with two attached hydrogens (primary N) is 2. The minimum atomic E-state index is 0.555. The molecule has 0 unspecified atom stereocenters. The maximum Gasteiger partial charge on any atom is 0.0568 e. The second-order valence-corrected chi connectivity index (χ2v) is 4.57. The molecule has 1 aliphatic heterocycles. The van der Waals surface area contributed by atoms with E-state index in [0.717, 1.165) is 18.8 Å². The van der Waals surface area contributed by atoms with Gasteiger partial charge in [0.25, 0.3) is 0 Å². The first kappa shape index (κ1) is 11.1. The molecular formula is C12H20N4. The number of likely N-dealkylation sites (tertiary alicyclic amines) is 1. The monoisotopic (exact) mass is 220 g/mol. The molecule has 1 aromatic carbocycles. The van der Waals surface area contributed by atoms with E-state index in [9.17, 15) is 0 Å². The van der Waals surface area contributed by atoms with Crippen LogP contribution in [0.15, 0.2) is 18.2 Å². The van der Waals surface area contributed by atoms with Crippen molar-refractivity contribution in [3.8, 4) is 0 Å². The van der Waals surface area contributed by atoms with Gasteiger partial charge >= 0.3 is 0 Å². The summed E-state index contributed by atoms with van der Waals surface area (Å²) in [6, 6.07) is 6.31. The number of nitrogens with one attached hydrogen (secondary N) is 1. The second kappa shape index (κ2) is 4.61. The molecule has 0 aliphatic carbocycles. The normalized spacial score (nSPS) is 18.6. The molecule has 1 heterocycles. The second-order valence-electron chi connectivity index (χ2n) is 4.57. The van der Waals surface area contributed by atoms with Crippen molar-refractivity contribution in [1.82, 2.24) is 4.90 Å². The molecule has 0 radical (unpaired) electrons. The van der Waals surface area contributed by atoms with Crippen LogP contribution in [0.3, 0.4) is 0 Å². The lowest BCUT2D eigenvalue weighted by Gasteiger charge is -2.30. The van der Waals surface area contributed by atoms with Crippen molar-refractivity contribution in [2.45, 2.75) is 18.9 Å². The largest absolute Gasteiger partial charge is 0.397 e. The van der Waals surface area contributed by atoms with E-state index in [-0.39, 0.29) is 0 Å². The van der Waals surface area contributed by atoms with E-state index in [1.54, 1.807) is 0 Å². The molecule has 2 rings (SSSR count). The first-order valence-corrected chi connectivity index (χ1v) is 5.75. The quantitative estimate of drug-likeness (QED) is 0.658. The Hall–Kier alpha value is -1.42. The van der Waals surface area contributed by atoms with E-state index >= 15 is 0 Å². The highest BCUT2D eigenvalue weighted by molar-refractivity contribution is 5.69. The molecule has 1 aromatic rings. The summed E-state index contributed by atoms with van der Waals surface area (Å²) in [7, 11) is 2.16. The van der Waals surface area contributed by atoms with Crippen molar-refractivity contribution < 1.29 is 0 Å². The molecule has 0 spiro atoms. The molecule has 1 aliphatic rings. The van der Waals surface area contributed by atoms with E-state index in [4.69, 9.17) is 11.5 Å². The van der Waals surface area contributed by atoms with Gasteiger partial charge in [-0.25, -0.2) is 0 Å². The van der Waals surface area contributed by atoms with Crippen LogP contribution in [0.1, 0.15) is 12.8 Å². The SMILES string of the molecule is CN1CCC(Nc2ccc(N)c(N)c2)CC1. The van der Waals surface area contributed by atoms with Gasteiger partial charge in [0.1, 0.15) is 0 Å². The summed E-state index contributed by atoms with van der Waals surface area (Å²) in [4.78, 5) is 2.36. The number of nitrogens with zero attached hydrogens (tertiary/aromatic N) is 1. The Balaban J connectivity index is 1.96. The summed E-state index contributed by atoms with van der Waals surface area (Å²) in [6.07, 6.45) is 2.36. The van der Waals surface area contributed by atoms with Gasteiger partial charge in [0, 0.05) is 11.7 Å². The van der Waals surface area contributed by atoms with Crippen molar-refractivity contribution >= 4 is 17.1 Å². The smallest absolute Gasteiger partial charge is 0.0568 e. The van der Waals surface area contributed by atoms with Gasteiger partial charge < -0.3 is 21.7 Å². The van der Waals surface area contributed by atoms with Crippen molar-refractivity contribution in [3.63, 3.8) is 0 Å². The third kappa shape index (κ3) is 2.58. The first-order chi connectivity index (χ1) is 7.65. The van der Waals surface area contributed by atoms with E-state index in [0.29, 0.717) is 17.4 Å². The Labute approximate surface area is 96.6 Å². The average molecular weight is 220 g/mol. The number of hydrogen-bond acceptors (Lipinski definition) is 4. The zero-order valence-corrected chi connectivity index (χ0v) is 9.74. The van der Waals surface area contributed by atoms with Crippen LogP contribution in [0.25, 0.3) is 0 Å². The number of rotatable bonds is 2. The summed E-state index contributed by atoms with van der Waals surface area (Å²) >= 11 is 0. The Kier molecular flexibility index (Phi) is 3.19. The Morgan fingerprint density at radius 3 is 2.50 bits per heavy atom. The minimum Gasteiger partial charge on any atom is -0.397 e. The van der Waals surface area contributed by atoms with Gasteiger partial charge in [0.05, 0.1) is 11.4 Å². The fraction of sp³-hybridized carbons (Fsp3) is 0.500. The van der Waals surface area contributed by atoms with Crippen molar-refractivity contribution in [1.29, 1.82) is 0 Å². The summed E-state index contributed by atoms with van der Waals surface area (Å²) in [5.74, 6) is 0. The number of nitrogen functional groups attached to an aromatic ring is 2. The molecule has 88 valence electrons. The molecule has 4 nitrogen and oxygen atoms in total. The molecule has 5 N–H and O–H groups in total. The van der Waals surface area contributed by atoms with Crippen molar-refractivity contribution in [3.05, 3.63) is 18.2 Å². The van der Waals surface area contributed by atoms with Crippen molar-refractivity contribution in [2.75, 3.05) is 36.9 Å². The number of hydrogen-bond donors (Lipinski definition) is 3. The summed E-state index contributed by atoms with van der Waals surface area (Å²) in [6.45, 7) is 2.31. The molecule has 0 bridgehead atoms. The molecule has 16 heavy (non-hydrogen) atoms. The Morgan fingerprint density at radius 1 is 1.19 bits per heavy atom. The summed E-state index contributed by atoms with van der Waals surface area (Å²) in [5.41, 5.74) is 13.8. The topological polar surface area (TPSA) is 67.3 Å². The lowest BCUT2D eigenvalue weighted by atomic mass is 10.1. The van der Waals surface area contributed by atoms with Crippen LogP contribution in [0.5, 0.6) is 0 Å². The number of piperidine rings is 1. The van der Waals surface area contributed by atoms with Gasteiger partial charge in [-0.15, -0.1) is 0 Å². The first-order valence-electron chi connectivity index (χ1n) is 5.75. The predicted octanol–water partition coefficient (Wildman–Crippen LogP) is 1.36. The lowest BCUT2D eigenvalue weighted by Crippen LogP contribution is -2.36. The highest BCUT2D eigenvalue weighted by Crippen LogP contribution is 2.22. The van der Waals surface area contributed by atoms with Crippen molar-refractivity contribution in [2.24, 2.45) is 0 Å². The van der Waals surface area contributed by atoms with Gasteiger partial charge in [-0.1, -0.05) is 0 Å². The maximum absolute atomic E-state index is 5.77. The van der Waals surface area contributed by atoms with Crippen LogP contribution in [0, 0.1) is 0 Å². The molecular weight excluding hydrogens is 200 g/mol. The predicted molar refractivity (Wildman–Crippen MR) is 69.4 cm³/mol. The average Bonchev–Trinajstić information content (AvgIpc) is 2.27. The molecule has 0 amide bonds. The van der Waals surface area contributed by atoms with Crippen LogP contribution in [0.2, 0.25) is 0 Å². The molecule has 1 saturated heterocycles. The van der Waals surface area contributed by atoms with Gasteiger partial charge in [0.2, 0.25) is 0 Å². The van der Waals surface area contributed by atoms with Crippen LogP contribution >= 0.6 is 0 Å². The lowest BCUT2D eigenvalue weighted by molar-refractivity contribution is 0.264. The third-order valence-corrected chi connectivity index (χ3v) is 3.18. The molecule has 0 atom stereocenters. The fourth-order valence-electron chi connectivity index (χ4n) is 2.05. The molecule has 4 heteroatoms. The van der Waals surface area contributed by atoms with Gasteiger partial charge in [0.15, 0.2) is 0 Å². The van der Waals surface area contributed by atoms with E-state index < -0.39 is 0 Å². The third-order valence-electron chi connectivity index (χ3n) is 3.18. The van der Waals surface area contributed by atoms with Gasteiger partial charge in [-0.3, -0.25) is 0 Å². The summed E-state index contributed by atoms with van der Waals surface area (Å²) < 4.78 is 0. The maximum atomic E-state index is 5.77. The van der Waals surface area contributed by atoms with Gasteiger partial charge in [-0.05, 0) is 51.2 Å². The van der Waals surface area contributed by atoms with E-state index in [1.807, 2.05) is 18.2 Å². The molecule has 0 saturated carbocycles. The molecule has 1 fully saturated rings. The van der Waals surface area contributed by atoms with Crippen LogP contribution in [-0.2, 0) is 0 Å². The van der Waals surface area contributed by atoms with Crippen LogP contribution in [0.4, 0.5) is 17.1 Å². The zero-order chi connectivity index (χ0) is 11.5.